The summed E-state index contributed by atoms with van der Waals surface area (Å²) in [5, 5.41) is 3.15. The average molecular weight is 359 g/mol. The van der Waals surface area contributed by atoms with Crippen molar-refractivity contribution < 1.29 is 13.2 Å². The molecule has 0 saturated heterocycles. The Morgan fingerprint density at radius 2 is 1.88 bits per heavy atom. The summed E-state index contributed by atoms with van der Waals surface area (Å²) < 4.78 is 30.1. The minimum absolute atomic E-state index is 0.0134. The first kappa shape index (κ1) is 17.3. The number of aliphatic imine (C=N–C) groups is 1. The normalized spacial score (nSPS) is 17.4. The summed E-state index contributed by atoms with van der Waals surface area (Å²) in [6.07, 6.45) is 0.773. The molecule has 25 heavy (non-hydrogen) atoms. The Bertz CT molecular complexity index is 851. The molecule has 132 valence electrons. The fraction of sp³-hybridized carbons (Fsp3) is 0.278. The summed E-state index contributed by atoms with van der Waals surface area (Å²) in [7, 11) is -3.35. The maximum absolute atomic E-state index is 12.2. The number of hydrogen-bond acceptors (Lipinski definition) is 4. The minimum Gasteiger partial charge on any atom is -0.493 e. The molecule has 0 amide bonds. The molecular formula is C18H21N3O3S. The van der Waals surface area contributed by atoms with Crippen LogP contribution in [0.2, 0.25) is 0 Å². The van der Waals surface area contributed by atoms with E-state index in [1.54, 1.807) is 30.3 Å². The summed E-state index contributed by atoms with van der Waals surface area (Å²) in [5.41, 5.74) is 6.96. The largest absolute Gasteiger partial charge is 0.493 e. The van der Waals surface area contributed by atoms with Crippen molar-refractivity contribution in [1.29, 1.82) is 0 Å². The molecule has 1 aliphatic heterocycles. The van der Waals surface area contributed by atoms with Gasteiger partial charge in [0.1, 0.15) is 5.75 Å². The molecule has 3 rings (SSSR count). The smallest absolute Gasteiger partial charge is 0.189 e. The maximum Gasteiger partial charge on any atom is 0.189 e. The molecule has 2 aromatic carbocycles. The predicted molar refractivity (Wildman–Crippen MR) is 97.4 cm³/mol. The van der Waals surface area contributed by atoms with Gasteiger partial charge in [-0.2, -0.15) is 0 Å². The lowest BCUT2D eigenvalue weighted by atomic mass is 10.0. The van der Waals surface area contributed by atoms with Crippen molar-refractivity contribution in [3.05, 3.63) is 60.2 Å². The molecule has 0 bridgehead atoms. The summed E-state index contributed by atoms with van der Waals surface area (Å²) in [4.78, 5) is 4.47. The van der Waals surface area contributed by atoms with E-state index in [0.29, 0.717) is 11.5 Å². The molecule has 1 atom stereocenters. The lowest BCUT2D eigenvalue weighted by Crippen LogP contribution is -2.37. The van der Waals surface area contributed by atoms with Crippen LogP contribution in [0.4, 0.5) is 0 Å². The predicted octanol–water partition coefficient (Wildman–Crippen LogP) is 1.89. The number of nitrogens with zero attached hydrogens (tertiary/aromatic N) is 1. The van der Waals surface area contributed by atoms with Crippen molar-refractivity contribution in [1.82, 2.24) is 5.32 Å². The first-order chi connectivity index (χ1) is 12.1. The number of fused-ring (bicyclic) bond motifs is 1. The van der Waals surface area contributed by atoms with Crippen LogP contribution in [0.15, 0.2) is 64.5 Å². The summed E-state index contributed by atoms with van der Waals surface area (Å²) in [5.74, 6) is 1.000. The quantitative estimate of drug-likeness (QED) is 0.628. The summed E-state index contributed by atoms with van der Waals surface area (Å²) in [6.45, 7) is 0.714. The highest BCUT2D eigenvalue weighted by molar-refractivity contribution is 7.91. The van der Waals surface area contributed by atoms with E-state index in [-0.39, 0.29) is 24.3 Å². The number of benzene rings is 2. The second-order valence-corrected chi connectivity index (χ2v) is 7.88. The number of guanidine groups is 1. The van der Waals surface area contributed by atoms with E-state index in [1.165, 1.54) is 0 Å². The van der Waals surface area contributed by atoms with Crippen LogP contribution in [0, 0.1) is 0 Å². The van der Waals surface area contributed by atoms with Gasteiger partial charge in [0.25, 0.3) is 0 Å². The molecule has 1 heterocycles. The SMILES string of the molecule is NC(=NCCS(=O)(=O)c1ccccc1)NC1CCOc2ccccc21. The summed E-state index contributed by atoms with van der Waals surface area (Å²) in [6, 6.07) is 16.1. The van der Waals surface area contributed by atoms with Crippen LogP contribution in [-0.2, 0) is 9.84 Å². The molecule has 7 heteroatoms. The molecule has 0 aromatic heterocycles. The monoisotopic (exact) mass is 359 g/mol. The van der Waals surface area contributed by atoms with Crippen LogP contribution >= 0.6 is 0 Å². The van der Waals surface area contributed by atoms with Crippen LogP contribution in [0.25, 0.3) is 0 Å². The molecule has 2 aromatic rings. The van der Waals surface area contributed by atoms with Gasteiger partial charge in [0, 0.05) is 12.0 Å². The topological polar surface area (TPSA) is 93.8 Å². The van der Waals surface area contributed by atoms with E-state index in [4.69, 9.17) is 10.5 Å². The van der Waals surface area contributed by atoms with Gasteiger partial charge in [-0.3, -0.25) is 4.99 Å². The van der Waals surface area contributed by atoms with Gasteiger partial charge in [-0.05, 0) is 18.2 Å². The molecule has 6 nitrogen and oxygen atoms in total. The second kappa shape index (κ2) is 7.57. The zero-order valence-corrected chi connectivity index (χ0v) is 14.6. The Balaban J connectivity index is 1.60. The number of ether oxygens (including phenoxy) is 1. The molecule has 0 fully saturated rings. The van der Waals surface area contributed by atoms with Crippen LogP contribution in [0.1, 0.15) is 18.0 Å². The Morgan fingerprint density at radius 1 is 1.16 bits per heavy atom. The first-order valence-electron chi connectivity index (χ1n) is 8.12. The van der Waals surface area contributed by atoms with Gasteiger partial charge < -0.3 is 15.8 Å². The van der Waals surface area contributed by atoms with Crippen molar-refractivity contribution in [3.63, 3.8) is 0 Å². The third-order valence-electron chi connectivity index (χ3n) is 4.03. The number of sulfone groups is 1. The molecule has 1 aliphatic rings. The molecular weight excluding hydrogens is 338 g/mol. The Labute approximate surface area is 147 Å². The molecule has 0 radical (unpaired) electrons. The Hall–Kier alpha value is -2.54. The van der Waals surface area contributed by atoms with Crippen LogP contribution in [-0.4, -0.2) is 33.3 Å². The van der Waals surface area contributed by atoms with Gasteiger partial charge in [0.2, 0.25) is 0 Å². The zero-order chi connectivity index (χ0) is 17.7. The summed E-state index contributed by atoms with van der Waals surface area (Å²) >= 11 is 0. The highest BCUT2D eigenvalue weighted by atomic mass is 32.2. The van der Waals surface area contributed by atoms with Crippen molar-refractivity contribution in [3.8, 4) is 5.75 Å². The lowest BCUT2D eigenvalue weighted by Gasteiger charge is -2.26. The van der Waals surface area contributed by atoms with E-state index in [2.05, 4.69) is 10.3 Å². The van der Waals surface area contributed by atoms with E-state index in [1.807, 2.05) is 24.3 Å². The van der Waals surface area contributed by atoms with Gasteiger partial charge in [0.15, 0.2) is 15.8 Å². The van der Waals surface area contributed by atoms with Crippen molar-refractivity contribution in [2.24, 2.45) is 10.7 Å². The molecule has 0 spiro atoms. The van der Waals surface area contributed by atoms with E-state index < -0.39 is 9.84 Å². The third kappa shape index (κ3) is 4.30. The van der Waals surface area contributed by atoms with Crippen LogP contribution in [0.5, 0.6) is 5.75 Å². The van der Waals surface area contributed by atoms with Crippen molar-refractivity contribution in [2.75, 3.05) is 18.9 Å². The fourth-order valence-electron chi connectivity index (χ4n) is 2.75. The third-order valence-corrected chi connectivity index (χ3v) is 5.74. The van der Waals surface area contributed by atoms with E-state index in [9.17, 15) is 8.42 Å². The van der Waals surface area contributed by atoms with Crippen LogP contribution in [0.3, 0.4) is 0 Å². The average Bonchev–Trinajstić information content (AvgIpc) is 2.63. The highest BCUT2D eigenvalue weighted by Crippen LogP contribution is 2.31. The van der Waals surface area contributed by atoms with Gasteiger partial charge in [-0.15, -0.1) is 0 Å². The van der Waals surface area contributed by atoms with Crippen molar-refractivity contribution in [2.45, 2.75) is 17.4 Å². The van der Waals surface area contributed by atoms with Gasteiger partial charge in [-0.25, -0.2) is 8.42 Å². The fourth-order valence-corrected chi connectivity index (χ4v) is 3.89. The first-order valence-corrected chi connectivity index (χ1v) is 9.77. The second-order valence-electron chi connectivity index (χ2n) is 5.77. The molecule has 1 unspecified atom stereocenters. The Morgan fingerprint density at radius 3 is 2.68 bits per heavy atom. The highest BCUT2D eigenvalue weighted by Gasteiger charge is 2.21. The number of nitrogens with one attached hydrogen (secondary N) is 1. The zero-order valence-electron chi connectivity index (χ0n) is 13.8. The number of hydrogen-bond donors (Lipinski definition) is 2. The number of nitrogens with two attached hydrogens (primary N) is 1. The molecule has 0 aliphatic carbocycles. The van der Waals surface area contributed by atoms with Gasteiger partial charge >= 0.3 is 0 Å². The minimum atomic E-state index is -3.35. The molecule has 0 saturated carbocycles. The van der Waals surface area contributed by atoms with Crippen LogP contribution < -0.4 is 15.8 Å². The number of para-hydroxylation sites is 1. The van der Waals surface area contributed by atoms with E-state index in [0.717, 1.165) is 17.7 Å². The van der Waals surface area contributed by atoms with E-state index >= 15 is 0 Å². The maximum atomic E-state index is 12.2. The van der Waals surface area contributed by atoms with Gasteiger partial charge in [-0.1, -0.05) is 36.4 Å². The standard InChI is InChI=1S/C18H21N3O3S/c19-18(20-11-13-25(22,23)14-6-2-1-3-7-14)21-16-10-12-24-17-9-5-4-8-15(16)17/h1-9,16H,10-13H2,(H3,19,20,21). The Kier molecular flexibility index (Phi) is 5.23. The molecule has 3 N–H and O–H groups in total. The number of rotatable bonds is 5. The van der Waals surface area contributed by atoms with Crippen molar-refractivity contribution >= 4 is 15.8 Å². The lowest BCUT2D eigenvalue weighted by molar-refractivity contribution is 0.262. The van der Waals surface area contributed by atoms with Gasteiger partial charge in [0.05, 0.1) is 29.8 Å².